The first-order chi connectivity index (χ1) is 8.69. The van der Waals surface area contributed by atoms with E-state index in [4.69, 9.17) is 9.15 Å². The van der Waals surface area contributed by atoms with Crippen LogP contribution in [0.3, 0.4) is 0 Å². The van der Waals surface area contributed by atoms with Crippen molar-refractivity contribution in [3.63, 3.8) is 0 Å². The zero-order valence-corrected chi connectivity index (χ0v) is 9.87. The summed E-state index contributed by atoms with van der Waals surface area (Å²) >= 11 is 0. The highest BCUT2D eigenvalue weighted by Gasteiger charge is 2.07. The molecule has 2 aromatic rings. The van der Waals surface area contributed by atoms with Crippen LogP contribution in [-0.4, -0.2) is 7.05 Å². The third kappa shape index (κ3) is 3.07. The van der Waals surface area contributed by atoms with Gasteiger partial charge in [0.15, 0.2) is 0 Å². The Balaban J connectivity index is 2.04. The minimum absolute atomic E-state index is 0.157. The molecule has 0 bridgehead atoms. The van der Waals surface area contributed by atoms with E-state index in [-0.39, 0.29) is 12.4 Å². The predicted octanol–water partition coefficient (Wildman–Crippen LogP) is 2.86. The van der Waals surface area contributed by atoms with Crippen LogP contribution in [0.1, 0.15) is 11.3 Å². The molecule has 0 amide bonds. The van der Waals surface area contributed by atoms with E-state index in [0.717, 1.165) is 29.5 Å². The number of hydrogen-bond donors (Lipinski definition) is 1. The van der Waals surface area contributed by atoms with Crippen LogP contribution in [0.4, 0.5) is 8.78 Å². The third-order valence-electron chi connectivity index (χ3n) is 2.41. The highest BCUT2D eigenvalue weighted by molar-refractivity contribution is 5.25. The van der Waals surface area contributed by atoms with Gasteiger partial charge in [0.05, 0.1) is 12.8 Å². The van der Waals surface area contributed by atoms with Gasteiger partial charge < -0.3 is 14.5 Å². The summed E-state index contributed by atoms with van der Waals surface area (Å²) in [4.78, 5) is 0. The fourth-order valence-electron chi connectivity index (χ4n) is 1.58. The van der Waals surface area contributed by atoms with Gasteiger partial charge in [-0.1, -0.05) is 0 Å². The van der Waals surface area contributed by atoms with E-state index in [0.29, 0.717) is 6.54 Å². The fraction of sp³-hybridized carbons (Fsp3) is 0.231. The summed E-state index contributed by atoms with van der Waals surface area (Å²) in [5.74, 6) is -0.418. The number of rotatable bonds is 5. The number of nitrogens with one attached hydrogen (secondary N) is 1. The van der Waals surface area contributed by atoms with Crippen LogP contribution in [0.15, 0.2) is 34.9 Å². The Morgan fingerprint density at radius 1 is 1.22 bits per heavy atom. The molecule has 5 heteroatoms. The van der Waals surface area contributed by atoms with Gasteiger partial charge in [0.2, 0.25) is 0 Å². The summed E-state index contributed by atoms with van der Waals surface area (Å²) in [6.45, 7) is 0.777. The van der Waals surface area contributed by atoms with E-state index in [1.54, 1.807) is 19.4 Å². The summed E-state index contributed by atoms with van der Waals surface area (Å²) in [6.07, 6.45) is 1.55. The summed E-state index contributed by atoms with van der Waals surface area (Å²) < 4.78 is 36.5. The molecule has 96 valence electrons. The molecular formula is C13H13F2NO2. The first kappa shape index (κ1) is 12.6. The highest BCUT2D eigenvalue weighted by Crippen LogP contribution is 2.18. The molecule has 0 fully saturated rings. The van der Waals surface area contributed by atoms with Gasteiger partial charge in [0, 0.05) is 23.8 Å². The Bertz CT molecular complexity index is 505. The van der Waals surface area contributed by atoms with Crippen LogP contribution >= 0.6 is 0 Å². The minimum Gasteiger partial charge on any atom is -0.489 e. The molecule has 2 rings (SSSR count). The second-order valence-electron chi connectivity index (χ2n) is 3.79. The van der Waals surface area contributed by atoms with Crippen molar-refractivity contribution in [2.75, 3.05) is 7.05 Å². The topological polar surface area (TPSA) is 34.4 Å². The Kier molecular flexibility index (Phi) is 3.94. The zero-order valence-electron chi connectivity index (χ0n) is 9.87. The second kappa shape index (κ2) is 5.64. The number of ether oxygens (including phenoxy) is 1. The number of benzene rings is 1. The summed E-state index contributed by atoms with van der Waals surface area (Å²) in [5.41, 5.74) is 0.842. The van der Waals surface area contributed by atoms with Gasteiger partial charge in [0.25, 0.3) is 0 Å². The summed E-state index contributed by atoms with van der Waals surface area (Å²) in [6, 6.07) is 4.85. The quantitative estimate of drug-likeness (QED) is 0.889. The molecule has 1 aromatic carbocycles. The van der Waals surface area contributed by atoms with E-state index in [1.807, 2.05) is 0 Å². The smallest absolute Gasteiger partial charge is 0.129 e. The largest absolute Gasteiger partial charge is 0.489 e. The van der Waals surface area contributed by atoms with Crippen LogP contribution < -0.4 is 10.1 Å². The monoisotopic (exact) mass is 253 g/mol. The average molecular weight is 253 g/mol. The number of hydrogen-bond acceptors (Lipinski definition) is 3. The van der Waals surface area contributed by atoms with Gasteiger partial charge in [-0.3, -0.25) is 0 Å². The Morgan fingerprint density at radius 3 is 2.61 bits per heavy atom. The number of halogens is 2. The molecule has 0 spiro atoms. The zero-order chi connectivity index (χ0) is 13.0. The molecule has 18 heavy (non-hydrogen) atoms. The molecule has 1 aromatic heterocycles. The van der Waals surface area contributed by atoms with Crippen molar-refractivity contribution in [3.8, 4) is 5.75 Å². The minimum atomic E-state index is -0.660. The normalized spacial score (nSPS) is 10.6. The first-order valence-corrected chi connectivity index (χ1v) is 5.48. The predicted molar refractivity (Wildman–Crippen MR) is 62.2 cm³/mol. The lowest BCUT2D eigenvalue weighted by Crippen LogP contribution is -2.07. The van der Waals surface area contributed by atoms with E-state index >= 15 is 0 Å². The molecule has 0 unspecified atom stereocenters. The first-order valence-electron chi connectivity index (χ1n) is 5.48. The van der Waals surface area contributed by atoms with Gasteiger partial charge in [-0.15, -0.1) is 0 Å². The summed E-state index contributed by atoms with van der Waals surface area (Å²) in [7, 11) is 1.80. The van der Waals surface area contributed by atoms with Gasteiger partial charge in [-0.05, 0) is 13.1 Å². The maximum Gasteiger partial charge on any atom is 0.129 e. The van der Waals surface area contributed by atoms with Crippen molar-refractivity contribution < 1.29 is 17.9 Å². The van der Waals surface area contributed by atoms with Gasteiger partial charge in [0.1, 0.15) is 29.8 Å². The van der Waals surface area contributed by atoms with Crippen LogP contribution in [-0.2, 0) is 13.2 Å². The number of furan rings is 1. The second-order valence-corrected chi connectivity index (χ2v) is 3.79. The van der Waals surface area contributed by atoms with Crippen LogP contribution in [0.25, 0.3) is 0 Å². The van der Waals surface area contributed by atoms with E-state index in [9.17, 15) is 8.78 Å². The van der Waals surface area contributed by atoms with Gasteiger partial charge in [-0.25, -0.2) is 8.78 Å². The van der Waals surface area contributed by atoms with Crippen molar-refractivity contribution in [3.05, 3.63) is 53.5 Å². The fourth-order valence-corrected chi connectivity index (χ4v) is 1.58. The molecule has 1 heterocycles. The van der Waals surface area contributed by atoms with E-state index in [1.165, 1.54) is 0 Å². The Hall–Kier alpha value is -1.88. The lowest BCUT2D eigenvalue weighted by molar-refractivity contribution is 0.298. The van der Waals surface area contributed by atoms with Gasteiger partial charge >= 0.3 is 0 Å². The molecule has 3 nitrogen and oxygen atoms in total. The SMILES string of the molecule is CNCc1occc1COc1cc(F)cc(F)c1. The van der Waals surface area contributed by atoms with Gasteiger partial charge in [-0.2, -0.15) is 0 Å². The van der Waals surface area contributed by atoms with Crippen molar-refractivity contribution in [1.82, 2.24) is 5.32 Å². The Labute approximate surface area is 103 Å². The average Bonchev–Trinajstić information content (AvgIpc) is 2.73. The molecule has 0 aliphatic rings. The van der Waals surface area contributed by atoms with Crippen molar-refractivity contribution in [2.45, 2.75) is 13.2 Å². The van der Waals surface area contributed by atoms with E-state index < -0.39 is 11.6 Å². The van der Waals surface area contributed by atoms with E-state index in [2.05, 4.69) is 5.32 Å². The Morgan fingerprint density at radius 2 is 1.94 bits per heavy atom. The maximum absolute atomic E-state index is 12.9. The lowest BCUT2D eigenvalue weighted by Gasteiger charge is -2.06. The maximum atomic E-state index is 12.9. The highest BCUT2D eigenvalue weighted by atomic mass is 19.1. The molecule has 1 N–H and O–H groups in total. The molecule has 0 saturated heterocycles. The van der Waals surface area contributed by atoms with Crippen LogP contribution in [0.2, 0.25) is 0 Å². The standard InChI is InChI=1S/C13H13F2NO2/c1-16-7-13-9(2-3-17-13)8-18-12-5-10(14)4-11(15)6-12/h2-6,16H,7-8H2,1H3. The third-order valence-corrected chi connectivity index (χ3v) is 2.41. The van der Waals surface area contributed by atoms with Crippen molar-refractivity contribution in [2.24, 2.45) is 0 Å². The lowest BCUT2D eigenvalue weighted by atomic mass is 10.2. The molecule has 0 aliphatic heterocycles. The summed E-state index contributed by atoms with van der Waals surface area (Å²) in [5, 5.41) is 2.96. The molecule has 0 radical (unpaired) electrons. The molecule has 0 saturated carbocycles. The van der Waals surface area contributed by atoms with Crippen LogP contribution in [0.5, 0.6) is 5.75 Å². The van der Waals surface area contributed by atoms with Crippen LogP contribution in [0, 0.1) is 11.6 Å². The molecule has 0 aliphatic carbocycles. The van der Waals surface area contributed by atoms with Crippen molar-refractivity contribution in [1.29, 1.82) is 0 Å². The molecule has 0 atom stereocenters. The van der Waals surface area contributed by atoms with Crippen molar-refractivity contribution >= 4 is 0 Å². The molecular weight excluding hydrogens is 240 g/mol.